The fourth-order valence-corrected chi connectivity index (χ4v) is 1.15. The fraction of sp³-hybridized carbons (Fsp3) is 0.778. The highest BCUT2D eigenvalue weighted by Crippen LogP contribution is 2.03. The lowest BCUT2D eigenvalue weighted by Gasteiger charge is -2.16. The van der Waals surface area contributed by atoms with Gasteiger partial charge in [0.1, 0.15) is 12.6 Å². The summed E-state index contributed by atoms with van der Waals surface area (Å²) in [6, 6.07) is -0.771. The van der Waals surface area contributed by atoms with Gasteiger partial charge in [0.15, 0.2) is 0 Å². The highest BCUT2D eigenvalue weighted by Gasteiger charge is 2.27. The number of amides is 2. The number of nitrogens with two attached hydrogens (primary N) is 1. The molecule has 0 bridgehead atoms. The first-order valence-electron chi connectivity index (χ1n) is 4.97. The van der Waals surface area contributed by atoms with Gasteiger partial charge in [0.2, 0.25) is 5.91 Å². The number of carbonyl (C=O) groups excluding carboxylic acids is 2. The molecule has 1 unspecified atom stereocenters. The Morgan fingerprint density at radius 2 is 2.40 bits per heavy atom. The molecule has 6 heteroatoms. The van der Waals surface area contributed by atoms with Crippen LogP contribution in [0.25, 0.3) is 0 Å². The van der Waals surface area contributed by atoms with Gasteiger partial charge in [-0.05, 0) is 5.92 Å². The van der Waals surface area contributed by atoms with E-state index in [-0.39, 0.29) is 36.8 Å². The van der Waals surface area contributed by atoms with Gasteiger partial charge < -0.3 is 11.1 Å². The number of carbonyl (C=O) groups is 2. The molecular formula is C9H17N3O3. The molecule has 15 heavy (non-hydrogen) atoms. The Kier molecular flexibility index (Phi) is 4.05. The van der Waals surface area contributed by atoms with E-state index < -0.39 is 6.04 Å². The lowest BCUT2D eigenvalue weighted by atomic mass is 10.0. The zero-order valence-corrected chi connectivity index (χ0v) is 8.95. The maximum Gasteiger partial charge on any atom is 0.268 e. The van der Waals surface area contributed by atoms with Crippen LogP contribution in [0.3, 0.4) is 0 Å². The summed E-state index contributed by atoms with van der Waals surface area (Å²) in [5.74, 6) is -0.298. The van der Waals surface area contributed by atoms with Crippen LogP contribution in [0.1, 0.15) is 20.3 Å². The van der Waals surface area contributed by atoms with Crippen LogP contribution in [-0.4, -0.2) is 30.5 Å². The van der Waals surface area contributed by atoms with Crippen LogP contribution in [0.5, 0.6) is 0 Å². The van der Waals surface area contributed by atoms with Crippen LogP contribution in [-0.2, 0) is 14.4 Å². The van der Waals surface area contributed by atoms with Crippen LogP contribution >= 0.6 is 0 Å². The minimum atomic E-state index is -0.586. The van der Waals surface area contributed by atoms with Crippen LogP contribution in [0.4, 0.5) is 0 Å². The molecule has 0 aliphatic carbocycles. The zero-order chi connectivity index (χ0) is 11.4. The molecule has 2 atom stereocenters. The predicted molar refractivity (Wildman–Crippen MR) is 53.5 cm³/mol. The standard InChI is InChI=1S/C9H17N3O3/c1-5(2)6(10)3-8(13)11-7-4-15-12-9(7)14/h5-7H,3-4,10H2,1-2H3,(H,11,13)(H,12,14)/t6?,7-/m1/s1. The summed E-state index contributed by atoms with van der Waals surface area (Å²) in [6.07, 6.45) is 0.224. The van der Waals surface area contributed by atoms with E-state index in [0.29, 0.717) is 0 Å². The van der Waals surface area contributed by atoms with Gasteiger partial charge in [0, 0.05) is 12.5 Å². The topological polar surface area (TPSA) is 93.5 Å². The molecule has 0 aromatic carbocycles. The van der Waals surface area contributed by atoms with Crippen molar-refractivity contribution >= 4 is 11.8 Å². The first-order chi connectivity index (χ1) is 7.00. The molecule has 1 heterocycles. The summed E-state index contributed by atoms with van der Waals surface area (Å²) in [4.78, 5) is 27.2. The minimum absolute atomic E-state index is 0.168. The molecule has 1 fully saturated rings. The quantitative estimate of drug-likeness (QED) is 0.555. The van der Waals surface area contributed by atoms with E-state index in [4.69, 9.17) is 5.73 Å². The van der Waals surface area contributed by atoms with Crippen LogP contribution in [0, 0.1) is 5.92 Å². The van der Waals surface area contributed by atoms with Gasteiger partial charge in [0.05, 0.1) is 0 Å². The van der Waals surface area contributed by atoms with Crippen molar-refractivity contribution in [3.63, 3.8) is 0 Å². The molecule has 0 saturated carbocycles. The molecule has 1 aliphatic heterocycles. The number of nitrogens with one attached hydrogen (secondary N) is 2. The monoisotopic (exact) mass is 215 g/mol. The van der Waals surface area contributed by atoms with Crippen LogP contribution < -0.4 is 16.5 Å². The second-order valence-electron chi connectivity index (χ2n) is 4.01. The molecule has 1 aliphatic rings. The summed E-state index contributed by atoms with van der Waals surface area (Å²) in [6.45, 7) is 4.06. The second-order valence-corrected chi connectivity index (χ2v) is 4.01. The van der Waals surface area contributed by atoms with Crippen molar-refractivity contribution in [2.45, 2.75) is 32.4 Å². The molecule has 1 saturated heterocycles. The molecule has 6 nitrogen and oxygen atoms in total. The average molecular weight is 215 g/mol. The Bertz CT molecular complexity index is 255. The van der Waals surface area contributed by atoms with E-state index in [0.717, 1.165) is 0 Å². The largest absolute Gasteiger partial charge is 0.342 e. The van der Waals surface area contributed by atoms with Crippen LogP contribution in [0.2, 0.25) is 0 Å². The van der Waals surface area contributed by atoms with Gasteiger partial charge >= 0.3 is 0 Å². The number of hydroxylamine groups is 1. The summed E-state index contributed by atoms with van der Waals surface area (Å²) >= 11 is 0. The fourth-order valence-electron chi connectivity index (χ4n) is 1.15. The molecule has 0 aromatic heterocycles. The third-order valence-corrected chi connectivity index (χ3v) is 2.35. The zero-order valence-electron chi connectivity index (χ0n) is 8.95. The van der Waals surface area contributed by atoms with E-state index in [1.54, 1.807) is 0 Å². The molecule has 0 spiro atoms. The van der Waals surface area contributed by atoms with Crippen LogP contribution in [0.15, 0.2) is 0 Å². The first kappa shape index (κ1) is 11.9. The van der Waals surface area contributed by atoms with Gasteiger partial charge in [0.25, 0.3) is 5.91 Å². The van der Waals surface area contributed by atoms with Crippen molar-refractivity contribution in [3.05, 3.63) is 0 Å². The lowest BCUT2D eigenvalue weighted by Crippen LogP contribution is -2.44. The van der Waals surface area contributed by atoms with Gasteiger partial charge in [-0.3, -0.25) is 14.4 Å². The average Bonchev–Trinajstić information content (AvgIpc) is 2.51. The lowest BCUT2D eigenvalue weighted by molar-refractivity contribution is -0.128. The maximum absolute atomic E-state index is 11.4. The SMILES string of the molecule is CC(C)C(N)CC(=O)N[C@@H]1CONC1=O. The van der Waals surface area contributed by atoms with Gasteiger partial charge in [-0.2, -0.15) is 0 Å². The minimum Gasteiger partial charge on any atom is -0.342 e. The highest BCUT2D eigenvalue weighted by molar-refractivity contribution is 5.88. The second kappa shape index (κ2) is 5.09. The Labute approximate surface area is 88.5 Å². The molecule has 0 aromatic rings. The molecule has 4 N–H and O–H groups in total. The number of rotatable bonds is 4. The smallest absolute Gasteiger partial charge is 0.268 e. The Morgan fingerprint density at radius 1 is 1.73 bits per heavy atom. The summed E-state index contributed by atoms with van der Waals surface area (Å²) in [5.41, 5.74) is 7.90. The van der Waals surface area contributed by atoms with Gasteiger partial charge in [-0.1, -0.05) is 13.8 Å². The number of hydrogen-bond acceptors (Lipinski definition) is 4. The van der Waals surface area contributed by atoms with Gasteiger partial charge in [-0.15, -0.1) is 0 Å². The van der Waals surface area contributed by atoms with Crippen molar-refractivity contribution in [1.82, 2.24) is 10.8 Å². The third-order valence-electron chi connectivity index (χ3n) is 2.35. The molecule has 2 amide bonds. The Morgan fingerprint density at radius 3 is 2.87 bits per heavy atom. The van der Waals surface area contributed by atoms with E-state index in [9.17, 15) is 9.59 Å². The molecule has 0 radical (unpaired) electrons. The number of hydrogen-bond donors (Lipinski definition) is 3. The predicted octanol–water partition coefficient (Wildman–Crippen LogP) is -1.09. The maximum atomic E-state index is 11.4. The van der Waals surface area contributed by atoms with E-state index in [1.807, 2.05) is 13.8 Å². The molecular weight excluding hydrogens is 198 g/mol. The Hall–Kier alpha value is -1.14. The highest BCUT2D eigenvalue weighted by atomic mass is 16.7. The van der Waals surface area contributed by atoms with Gasteiger partial charge in [-0.25, -0.2) is 5.48 Å². The van der Waals surface area contributed by atoms with Crippen molar-refractivity contribution in [2.24, 2.45) is 11.7 Å². The van der Waals surface area contributed by atoms with E-state index >= 15 is 0 Å². The first-order valence-corrected chi connectivity index (χ1v) is 4.97. The van der Waals surface area contributed by atoms with E-state index in [2.05, 4.69) is 15.6 Å². The summed E-state index contributed by atoms with van der Waals surface area (Å²) in [7, 11) is 0. The summed E-state index contributed by atoms with van der Waals surface area (Å²) < 4.78 is 0. The molecule has 1 rings (SSSR count). The van der Waals surface area contributed by atoms with Crippen molar-refractivity contribution < 1.29 is 14.4 Å². The normalized spacial score (nSPS) is 22.7. The van der Waals surface area contributed by atoms with Crippen molar-refractivity contribution in [1.29, 1.82) is 0 Å². The summed E-state index contributed by atoms with van der Waals surface area (Å²) in [5, 5.41) is 2.56. The third kappa shape index (κ3) is 3.49. The Balaban J connectivity index is 2.32. The van der Waals surface area contributed by atoms with E-state index in [1.165, 1.54) is 0 Å². The van der Waals surface area contributed by atoms with Crippen molar-refractivity contribution in [3.8, 4) is 0 Å². The molecule has 86 valence electrons. The van der Waals surface area contributed by atoms with Crippen molar-refractivity contribution in [2.75, 3.05) is 6.61 Å².